The van der Waals surface area contributed by atoms with E-state index in [1.54, 1.807) is 4.90 Å². The van der Waals surface area contributed by atoms with Gasteiger partial charge < -0.3 is 19.9 Å². The summed E-state index contributed by atoms with van der Waals surface area (Å²) in [7, 11) is 0. The first-order valence-electron chi connectivity index (χ1n) is 8.13. The second-order valence-corrected chi connectivity index (χ2v) is 5.78. The van der Waals surface area contributed by atoms with Gasteiger partial charge in [0.05, 0.1) is 5.69 Å². The van der Waals surface area contributed by atoms with Crippen LogP contribution >= 0.6 is 0 Å². The minimum atomic E-state index is -4.82. The molecule has 1 aliphatic rings. The van der Waals surface area contributed by atoms with Crippen molar-refractivity contribution in [3.8, 4) is 5.75 Å². The zero-order chi connectivity index (χ0) is 18.6. The van der Waals surface area contributed by atoms with Crippen molar-refractivity contribution < 1.29 is 22.7 Å². The summed E-state index contributed by atoms with van der Waals surface area (Å²) in [5.74, 6) is -0.434. The number of nitrogens with one attached hydrogen (secondary N) is 1. The van der Waals surface area contributed by atoms with Crippen LogP contribution in [-0.4, -0.2) is 43.5 Å². The average Bonchev–Trinajstić information content (AvgIpc) is 2.63. The van der Waals surface area contributed by atoms with Crippen LogP contribution in [0, 0.1) is 0 Å². The molecule has 1 N–H and O–H groups in total. The van der Waals surface area contributed by atoms with Crippen molar-refractivity contribution >= 4 is 17.4 Å². The number of para-hydroxylation sites is 3. The van der Waals surface area contributed by atoms with Crippen molar-refractivity contribution in [1.29, 1.82) is 0 Å². The van der Waals surface area contributed by atoms with Crippen LogP contribution in [0.3, 0.4) is 0 Å². The summed E-state index contributed by atoms with van der Waals surface area (Å²) in [5.41, 5.74) is 1.07. The molecule has 5 nitrogen and oxygen atoms in total. The van der Waals surface area contributed by atoms with Crippen LogP contribution in [0.1, 0.15) is 0 Å². The number of hydrogen-bond acceptors (Lipinski definition) is 3. The first-order valence-corrected chi connectivity index (χ1v) is 8.13. The highest BCUT2D eigenvalue weighted by Gasteiger charge is 2.32. The number of rotatable bonds is 3. The van der Waals surface area contributed by atoms with Gasteiger partial charge in [-0.3, -0.25) is 0 Å². The van der Waals surface area contributed by atoms with Crippen molar-refractivity contribution in [2.24, 2.45) is 0 Å². The maximum Gasteiger partial charge on any atom is 0.573 e. The molecule has 0 aliphatic carbocycles. The molecular formula is C18H18F3N3O2. The molecule has 0 unspecified atom stereocenters. The monoisotopic (exact) mass is 365 g/mol. The highest BCUT2D eigenvalue weighted by Crippen LogP contribution is 2.30. The molecule has 1 saturated heterocycles. The van der Waals surface area contributed by atoms with E-state index in [1.165, 1.54) is 18.2 Å². The van der Waals surface area contributed by atoms with E-state index in [0.717, 1.165) is 11.8 Å². The molecule has 2 aromatic carbocycles. The summed E-state index contributed by atoms with van der Waals surface area (Å²) >= 11 is 0. The van der Waals surface area contributed by atoms with Gasteiger partial charge in [0.2, 0.25) is 0 Å². The van der Waals surface area contributed by atoms with Crippen molar-refractivity contribution in [1.82, 2.24) is 4.90 Å². The molecular weight excluding hydrogens is 347 g/mol. The Labute approximate surface area is 149 Å². The molecule has 1 aliphatic heterocycles. The second kappa shape index (κ2) is 7.55. The lowest BCUT2D eigenvalue weighted by Gasteiger charge is -2.36. The molecule has 3 rings (SSSR count). The summed E-state index contributed by atoms with van der Waals surface area (Å²) in [5, 5.41) is 2.50. The number of amides is 2. The van der Waals surface area contributed by atoms with Crippen molar-refractivity contribution in [3.63, 3.8) is 0 Å². The third-order valence-corrected chi connectivity index (χ3v) is 4.04. The lowest BCUT2D eigenvalue weighted by molar-refractivity contribution is -0.274. The minimum Gasteiger partial charge on any atom is -0.404 e. The average molecular weight is 365 g/mol. The molecule has 0 saturated carbocycles. The van der Waals surface area contributed by atoms with Crippen LogP contribution in [0.15, 0.2) is 54.6 Å². The Morgan fingerprint density at radius 1 is 0.923 bits per heavy atom. The molecule has 0 bridgehead atoms. The summed E-state index contributed by atoms with van der Waals surface area (Å²) in [6.45, 7) is 2.25. The maximum absolute atomic E-state index is 12.5. The fraction of sp³-hybridized carbons (Fsp3) is 0.278. The Bertz CT molecular complexity index is 745. The number of nitrogens with zero attached hydrogens (tertiary/aromatic N) is 2. The first kappa shape index (κ1) is 17.9. The zero-order valence-electron chi connectivity index (χ0n) is 13.9. The summed E-state index contributed by atoms with van der Waals surface area (Å²) in [4.78, 5) is 16.1. The van der Waals surface area contributed by atoms with Gasteiger partial charge in [-0.1, -0.05) is 30.3 Å². The van der Waals surface area contributed by atoms with Gasteiger partial charge in [0.1, 0.15) is 0 Å². The summed E-state index contributed by atoms with van der Waals surface area (Å²) < 4.78 is 41.4. The highest BCUT2D eigenvalue weighted by molar-refractivity contribution is 5.91. The Morgan fingerprint density at radius 2 is 1.54 bits per heavy atom. The largest absolute Gasteiger partial charge is 0.573 e. The number of piperazine rings is 1. The number of alkyl halides is 3. The number of ether oxygens (including phenoxy) is 1. The molecule has 0 aromatic heterocycles. The van der Waals surface area contributed by atoms with Crippen LogP contribution in [-0.2, 0) is 0 Å². The van der Waals surface area contributed by atoms with E-state index in [-0.39, 0.29) is 5.69 Å². The SMILES string of the molecule is O=C(Nc1ccccc1OC(F)(F)F)N1CCN(c2ccccc2)CC1. The van der Waals surface area contributed by atoms with E-state index in [4.69, 9.17) is 0 Å². The highest BCUT2D eigenvalue weighted by atomic mass is 19.4. The fourth-order valence-corrected chi connectivity index (χ4v) is 2.78. The molecule has 26 heavy (non-hydrogen) atoms. The van der Waals surface area contributed by atoms with Gasteiger partial charge in [0.15, 0.2) is 5.75 Å². The maximum atomic E-state index is 12.5. The normalized spacial score (nSPS) is 14.9. The third-order valence-electron chi connectivity index (χ3n) is 4.04. The number of urea groups is 1. The van der Waals surface area contributed by atoms with E-state index in [0.29, 0.717) is 26.2 Å². The Hall–Kier alpha value is -2.90. The third kappa shape index (κ3) is 4.59. The predicted octanol–water partition coefficient (Wildman–Crippen LogP) is 3.94. The standard InChI is InChI=1S/C18H18F3N3O2/c19-18(20,21)26-16-9-5-4-8-15(16)22-17(25)24-12-10-23(11-13-24)14-6-2-1-3-7-14/h1-9H,10-13H2,(H,22,25). The van der Waals surface area contributed by atoms with Crippen molar-refractivity contribution in [2.75, 3.05) is 36.4 Å². The van der Waals surface area contributed by atoms with Gasteiger partial charge in [0, 0.05) is 31.9 Å². The van der Waals surface area contributed by atoms with E-state index in [9.17, 15) is 18.0 Å². The lowest BCUT2D eigenvalue weighted by Crippen LogP contribution is -2.50. The van der Waals surface area contributed by atoms with Crippen molar-refractivity contribution in [3.05, 3.63) is 54.6 Å². The number of hydrogen-bond donors (Lipinski definition) is 1. The number of carbonyl (C=O) groups excluding carboxylic acids is 1. The lowest BCUT2D eigenvalue weighted by atomic mass is 10.2. The number of anilines is 2. The molecule has 1 heterocycles. The van der Waals surface area contributed by atoms with E-state index in [1.807, 2.05) is 30.3 Å². The van der Waals surface area contributed by atoms with Crippen LogP contribution in [0.25, 0.3) is 0 Å². The topological polar surface area (TPSA) is 44.8 Å². The molecule has 8 heteroatoms. The van der Waals surface area contributed by atoms with Gasteiger partial charge in [-0.2, -0.15) is 0 Å². The van der Waals surface area contributed by atoms with Gasteiger partial charge in [-0.05, 0) is 24.3 Å². The second-order valence-electron chi connectivity index (χ2n) is 5.78. The molecule has 0 radical (unpaired) electrons. The Kier molecular flexibility index (Phi) is 5.20. The number of halogens is 3. The van der Waals surface area contributed by atoms with Crippen LogP contribution < -0.4 is 15.0 Å². The van der Waals surface area contributed by atoms with Crippen molar-refractivity contribution in [2.45, 2.75) is 6.36 Å². The van der Waals surface area contributed by atoms with E-state index in [2.05, 4.69) is 15.0 Å². The minimum absolute atomic E-state index is 0.0136. The van der Waals surface area contributed by atoms with Crippen LogP contribution in [0.2, 0.25) is 0 Å². The smallest absolute Gasteiger partial charge is 0.404 e. The van der Waals surface area contributed by atoms with Gasteiger partial charge in [-0.25, -0.2) is 4.79 Å². The molecule has 1 fully saturated rings. The molecule has 0 spiro atoms. The van der Waals surface area contributed by atoms with Crippen LogP contribution in [0.4, 0.5) is 29.3 Å². The Balaban J connectivity index is 1.60. The van der Waals surface area contributed by atoms with E-state index < -0.39 is 18.1 Å². The van der Waals surface area contributed by atoms with Gasteiger partial charge in [-0.15, -0.1) is 13.2 Å². The van der Waals surface area contributed by atoms with E-state index >= 15 is 0 Å². The number of carbonyl (C=O) groups is 1. The summed E-state index contributed by atoms with van der Waals surface area (Å²) in [6, 6.07) is 14.9. The van der Waals surface area contributed by atoms with Crippen LogP contribution in [0.5, 0.6) is 5.75 Å². The van der Waals surface area contributed by atoms with Gasteiger partial charge in [0.25, 0.3) is 0 Å². The number of benzene rings is 2. The molecule has 2 amide bonds. The molecule has 138 valence electrons. The quantitative estimate of drug-likeness (QED) is 0.896. The Morgan fingerprint density at radius 3 is 2.19 bits per heavy atom. The summed E-state index contributed by atoms with van der Waals surface area (Å²) in [6.07, 6.45) is -4.82. The zero-order valence-corrected chi connectivity index (χ0v) is 13.9. The molecule has 0 atom stereocenters. The van der Waals surface area contributed by atoms with Gasteiger partial charge >= 0.3 is 12.4 Å². The molecule has 2 aromatic rings. The fourth-order valence-electron chi connectivity index (χ4n) is 2.78. The predicted molar refractivity (Wildman–Crippen MR) is 92.4 cm³/mol. The first-order chi connectivity index (χ1) is 12.4.